The fourth-order valence-corrected chi connectivity index (χ4v) is 2.41. The molecule has 2 N–H and O–H groups in total. The summed E-state index contributed by atoms with van der Waals surface area (Å²) in [5.74, 6) is -1.28. The lowest BCUT2D eigenvalue weighted by molar-refractivity contribution is -0.384. The molecule has 11 heteroatoms. The predicted molar refractivity (Wildman–Crippen MR) is 96.5 cm³/mol. The van der Waals surface area contributed by atoms with Gasteiger partial charge in [-0.1, -0.05) is 0 Å². The normalized spacial score (nSPS) is 10.8. The van der Waals surface area contributed by atoms with Crippen LogP contribution in [-0.2, 0) is 0 Å². The summed E-state index contributed by atoms with van der Waals surface area (Å²) in [6.45, 7) is -0.948. The zero-order valence-electron chi connectivity index (χ0n) is 14.6. The first kappa shape index (κ1) is 19.9. The van der Waals surface area contributed by atoms with Crippen molar-refractivity contribution in [2.45, 2.75) is 6.43 Å². The van der Waals surface area contributed by atoms with Gasteiger partial charge < -0.3 is 10.1 Å². The molecule has 0 fully saturated rings. The van der Waals surface area contributed by atoms with Crippen LogP contribution in [0.2, 0.25) is 0 Å². The average Bonchev–Trinajstić information content (AvgIpc) is 3.17. The summed E-state index contributed by atoms with van der Waals surface area (Å²) in [4.78, 5) is 22.7. The first-order valence-corrected chi connectivity index (χ1v) is 8.15. The Kier molecular flexibility index (Phi) is 5.77. The second kappa shape index (κ2) is 8.42. The molecule has 0 aliphatic rings. The number of carbonyl (C=O) groups excluding carboxylic acids is 1. The van der Waals surface area contributed by atoms with E-state index in [1.807, 2.05) is 0 Å². The van der Waals surface area contributed by atoms with Crippen LogP contribution in [0.5, 0.6) is 5.75 Å². The van der Waals surface area contributed by atoms with E-state index < -0.39 is 35.4 Å². The molecule has 0 aliphatic heterocycles. The number of non-ortho nitro benzene ring substituents is 1. The van der Waals surface area contributed by atoms with Gasteiger partial charge in [-0.15, -0.1) is 0 Å². The molecule has 0 spiro atoms. The van der Waals surface area contributed by atoms with Gasteiger partial charge in [0.2, 0.25) is 0 Å². The fraction of sp³-hybridized carbons (Fsp3) is 0.111. The topological polar surface area (TPSA) is 110 Å². The number of nitrogens with zero attached hydrogens (tertiary/aromatic N) is 2. The van der Waals surface area contributed by atoms with Crippen molar-refractivity contribution < 1.29 is 27.6 Å². The van der Waals surface area contributed by atoms with Gasteiger partial charge in [0.25, 0.3) is 18.0 Å². The van der Waals surface area contributed by atoms with Crippen LogP contribution in [0.15, 0.2) is 48.5 Å². The minimum Gasteiger partial charge on any atom is -0.487 e. The number of hydrogen-bond donors (Lipinski definition) is 2. The molecule has 0 bridgehead atoms. The van der Waals surface area contributed by atoms with Gasteiger partial charge in [0.15, 0.2) is 0 Å². The molecular weight excluding hydrogens is 393 g/mol. The molecule has 1 aromatic heterocycles. The average molecular weight is 406 g/mol. The van der Waals surface area contributed by atoms with Crippen LogP contribution in [-0.4, -0.2) is 34.1 Å². The molecule has 0 saturated carbocycles. The summed E-state index contributed by atoms with van der Waals surface area (Å²) in [6.07, 6.45) is -2.76. The Morgan fingerprint density at radius 1 is 1.21 bits per heavy atom. The molecule has 0 aliphatic carbocycles. The highest BCUT2D eigenvalue weighted by atomic mass is 19.3. The van der Waals surface area contributed by atoms with Crippen molar-refractivity contribution in [3.8, 4) is 17.0 Å². The molecule has 1 amide bonds. The van der Waals surface area contributed by atoms with Crippen LogP contribution in [0, 0.1) is 15.9 Å². The van der Waals surface area contributed by atoms with Crippen LogP contribution in [0.25, 0.3) is 11.3 Å². The first-order valence-electron chi connectivity index (χ1n) is 8.15. The predicted octanol–water partition coefficient (Wildman–Crippen LogP) is 4.02. The van der Waals surface area contributed by atoms with Crippen LogP contribution in [0.3, 0.4) is 0 Å². The van der Waals surface area contributed by atoms with Crippen LogP contribution in [0.1, 0.15) is 10.5 Å². The van der Waals surface area contributed by atoms with E-state index in [-0.39, 0.29) is 17.1 Å². The van der Waals surface area contributed by atoms with Crippen molar-refractivity contribution in [3.63, 3.8) is 0 Å². The second-order valence-electron chi connectivity index (χ2n) is 5.80. The lowest BCUT2D eigenvalue weighted by Gasteiger charge is -2.09. The van der Waals surface area contributed by atoms with E-state index in [9.17, 15) is 28.1 Å². The van der Waals surface area contributed by atoms with E-state index in [1.165, 1.54) is 36.4 Å². The number of amides is 1. The quantitative estimate of drug-likeness (QED) is 0.455. The Morgan fingerprint density at radius 3 is 2.59 bits per heavy atom. The Balaban J connectivity index is 1.79. The number of benzene rings is 2. The maximum Gasteiger partial charge on any atom is 0.275 e. The summed E-state index contributed by atoms with van der Waals surface area (Å²) in [7, 11) is 0. The molecule has 3 aromatic rings. The molecule has 0 radical (unpaired) electrons. The van der Waals surface area contributed by atoms with Gasteiger partial charge in [-0.05, 0) is 30.3 Å². The minimum absolute atomic E-state index is 0.0219. The summed E-state index contributed by atoms with van der Waals surface area (Å²) >= 11 is 0. The van der Waals surface area contributed by atoms with Gasteiger partial charge in [-0.25, -0.2) is 13.2 Å². The van der Waals surface area contributed by atoms with Crippen molar-refractivity contribution in [2.75, 3.05) is 11.9 Å². The van der Waals surface area contributed by atoms with Gasteiger partial charge >= 0.3 is 0 Å². The fourth-order valence-electron chi connectivity index (χ4n) is 2.41. The van der Waals surface area contributed by atoms with Crippen LogP contribution in [0.4, 0.5) is 24.5 Å². The number of rotatable bonds is 7. The molecule has 8 nitrogen and oxygen atoms in total. The summed E-state index contributed by atoms with van der Waals surface area (Å²) in [6, 6.07) is 10.1. The number of aromatic amines is 1. The van der Waals surface area contributed by atoms with Crippen molar-refractivity contribution in [2.24, 2.45) is 0 Å². The highest BCUT2D eigenvalue weighted by Crippen LogP contribution is 2.27. The molecule has 1 heterocycles. The SMILES string of the molecule is O=C(Nc1cc(OCC(F)F)cc([N+](=O)[O-])c1)c1cc(-c2ccc(F)cc2)n[nH]1. The van der Waals surface area contributed by atoms with Crippen molar-refractivity contribution in [1.82, 2.24) is 10.2 Å². The van der Waals surface area contributed by atoms with E-state index >= 15 is 0 Å². The zero-order valence-corrected chi connectivity index (χ0v) is 14.6. The largest absolute Gasteiger partial charge is 0.487 e. The molecule has 0 saturated heterocycles. The highest BCUT2D eigenvalue weighted by Gasteiger charge is 2.16. The Bertz CT molecular complexity index is 1040. The number of nitro benzene ring substituents is 1. The van der Waals surface area contributed by atoms with Crippen molar-refractivity contribution in [3.05, 3.63) is 70.2 Å². The molecule has 29 heavy (non-hydrogen) atoms. The molecular formula is C18H13F3N4O4. The maximum absolute atomic E-state index is 13.0. The van der Waals surface area contributed by atoms with E-state index in [2.05, 4.69) is 15.5 Å². The van der Waals surface area contributed by atoms with E-state index in [0.29, 0.717) is 11.3 Å². The molecule has 0 unspecified atom stereocenters. The van der Waals surface area contributed by atoms with Gasteiger partial charge in [-0.2, -0.15) is 5.10 Å². The van der Waals surface area contributed by atoms with Crippen molar-refractivity contribution >= 4 is 17.3 Å². The summed E-state index contributed by atoms with van der Waals surface area (Å²) in [5, 5.41) is 19.9. The maximum atomic E-state index is 13.0. The number of nitro groups is 1. The summed E-state index contributed by atoms with van der Waals surface area (Å²) in [5.41, 5.74) is 0.524. The monoisotopic (exact) mass is 406 g/mol. The number of ether oxygens (including phenoxy) is 1. The number of halogens is 3. The first-order chi connectivity index (χ1) is 13.8. The smallest absolute Gasteiger partial charge is 0.275 e. The number of alkyl halides is 2. The highest BCUT2D eigenvalue weighted by molar-refractivity contribution is 6.03. The molecule has 150 valence electrons. The van der Waals surface area contributed by atoms with Crippen LogP contribution >= 0.6 is 0 Å². The Labute approximate surface area is 161 Å². The number of carbonyl (C=O) groups is 1. The van der Waals surface area contributed by atoms with Crippen LogP contribution < -0.4 is 10.1 Å². The lowest BCUT2D eigenvalue weighted by Crippen LogP contribution is -2.13. The number of aromatic nitrogens is 2. The Hall–Kier alpha value is -3.89. The van der Waals surface area contributed by atoms with Gasteiger partial charge in [-0.3, -0.25) is 20.0 Å². The molecule has 0 atom stereocenters. The standard InChI is InChI=1S/C18H13F3N4O4/c19-11-3-1-10(2-4-11)15-8-16(24-23-15)18(26)22-12-5-13(25(27)28)7-14(6-12)29-9-17(20)21/h1-8,17H,9H2,(H,22,26)(H,23,24). The van der Waals surface area contributed by atoms with E-state index in [4.69, 9.17) is 4.74 Å². The van der Waals surface area contributed by atoms with Gasteiger partial charge in [0.05, 0.1) is 22.4 Å². The van der Waals surface area contributed by atoms with E-state index in [1.54, 1.807) is 0 Å². The lowest BCUT2D eigenvalue weighted by atomic mass is 10.1. The third-order valence-electron chi connectivity index (χ3n) is 3.70. The second-order valence-corrected chi connectivity index (χ2v) is 5.80. The summed E-state index contributed by atoms with van der Waals surface area (Å²) < 4.78 is 42.4. The number of hydrogen-bond acceptors (Lipinski definition) is 5. The molecule has 2 aromatic carbocycles. The number of nitrogens with one attached hydrogen (secondary N) is 2. The Morgan fingerprint density at radius 2 is 1.93 bits per heavy atom. The van der Waals surface area contributed by atoms with Crippen molar-refractivity contribution in [1.29, 1.82) is 0 Å². The zero-order chi connectivity index (χ0) is 21.0. The number of anilines is 1. The van der Waals surface area contributed by atoms with Gasteiger partial charge in [0.1, 0.15) is 23.9 Å². The van der Waals surface area contributed by atoms with E-state index in [0.717, 1.165) is 12.1 Å². The van der Waals surface area contributed by atoms with Gasteiger partial charge in [0, 0.05) is 17.7 Å². The number of H-pyrrole nitrogens is 1. The third-order valence-corrected chi connectivity index (χ3v) is 3.70. The third kappa shape index (κ3) is 5.09. The minimum atomic E-state index is -2.76. The molecule has 3 rings (SSSR count).